The summed E-state index contributed by atoms with van der Waals surface area (Å²) in [5.74, 6) is 1.06. The van der Waals surface area contributed by atoms with Crippen LogP contribution in [0.15, 0.2) is 0 Å². The summed E-state index contributed by atoms with van der Waals surface area (Å²) in [6.45, 7) is 7.19. The second kappa shape index (κ2) is 7.78. The minimum Gasteiger partial charge on any atom is -0.340 e. The SMILES string of the molecule is CCC(C)N(CC)C(=O)CCC1CCC(N)CC1. The van der Waals surface area contributed by atoms with Gasteiger partial charge in [0.1, 0.15) is 0 Å². The Hall–Kier alpha value is -0.570. The average Bonchev–Trinajstić information content (AvgIpc) is 2.38. The van der Waals surface area contributed by atoms with Crippen molar-refractivity contribution in [1.29, 1.82) is 0 Å². The van der Waals surface area contributed by atoms with Crippen molar-refractivity contribution >= 4 is 5.91 Å². The van der Waals surface area contributed by atoms with Crippen molar-refractivity contribution < 1.29 is 4.79 Å². The summed E-state index contributed by atoms with van der Waals surface area (Å²) >= 11 is 0. The topological polar surface area (TPSA) is 46.3 Å². The Morgan fingerprint density at radius 1 is 1.28 bits per heavy atom. The molecule has 1 atom stereocenters. The van der Waals surface area contributed by atoms with Gasteiger partial charge in [0.15, 0.2) is 0 Å². The first-order chi connectivity index (χ1) is 8.58. The molecule has 1 unspecified atom stereocenters. The van der Waals surface area contributed by atoms with Crippen LogP contribution in [0.1, 0.15) is 65.7 Å². The lowest BCUT2D eigenvalue weighted by Gasteiger charge is -2.29. The third-order valence-electron chi connectivity index (χ3n) is 4.44. The molecule has 3 heteroatoms. The molecule has 0 saturated heterocycles. The fourth-order valence-electron chi connectivity index (χ4n) is 2.90. The third-order valence-corrected chi connectivity index (χ3v) is 4.44. The fraction of sp³-hybridized carbons (Fsp3) is 0.933. The molecule has 1 rings (SSSR count). The van der Waals surface area contributed by atoms with Gasteiger partial charge in [-0.25, -0.2) is 0 Å². The molecular weight excluding hydrogens is 224 g/mol. The molecule has 0 aliphatic heterocycles. The molecule has 1 fully saturated rings. The van der Waals surface area contributed by atoms with E-state index < -0.39 is 0 Å². The molecular formula is C15H30N2O. The number of carbonyl (C=O) groups excluding carboxylic acids is 1. The van der Waals surface area contributed by atoms with Gasteiger partial charge in [0, 0.05) is 25.0 Å². The Labute approximate surface area is 112 Å². The lowest BCUT2D eigenvalue weighted by molar-refractivity contribution is -0.133. The molecule has 0 aromatic rings. The van der Waals surface area contributed by atoms with E-state index in [1.165, 1.54) is 12.8 Å². The largest absolute Gasteiger partial charge is 0.340 e. The lowest BCUT2D eigenvalue weighted by atomic mass is 9.83. The Balaban J connectivity index is 2.31. The Kier molecular flexibility index (Phi) is 6.69. The molecule has 3 nitrogen and oxygen atoms in total. The first kappa shape index (κ1) is 15.5. The summed E-state index contributed by atoms with van der Waals surface area (Å²) in [5.41, 5.74) is 5.91. The molecule has 1 saturated carbocycles. The van der Waals surface area contributed by atoms with Gasteiger partial charge >= 0.3 is 0 Å². The predicted molar refractivity (Wildman–Crippen MR) is 76.3 cm³/mol. The monoisotopic (exact) mass is 254 g/mol. The quantitative estimate of drug-likeness (QED) is 0.792. The van der Waals surface area contributed by atoms with Gasteiger partial charge in [-0.05, 0) is 58.3 Å². The average molecular weight is 254 g/mol. The maximum atomic E-state index is 12.2. The van der Waals surface area contributed by atoms with E-state index in [1.54, 1.807) is 0 Å². The fourth-order valence-corrected chi connectivity index (χ4v) is 2.90. The highest BCUT2D eigenvalue weighted by atomic mass is 16.2. The van der Waals surface area contributed by atoms with Crippen molar-refractivity contribution in [3.05, 3.63) is 0 Å². The van der Waals surface area contributed by atoms with E-state index in [9.17, 15) is 4.79 Å². The van der Waals surface area contributed by atoms with Crippen molar-refractivity contribution in [3.8, 4) is 0 Å². The van der Waals surface area contributed by atoms with E-state index in [2.05, 4.69) is 20.8 Å². The van der Waals surface area contributed by atoms with Crippen LogP contribution in [-0.4, -0.2) is 29.4 Å². The number of carbonyl (C=O) groups is 1. The van der Waals surface area contributed by atoms with Crippen LogP contribution in [0.3, 0.4) is 0 Å². The molecule has 18 heavy (non-hydrogen) atoms. The number of rotatable bonds is 6. The number of nitrogens with two attached hydrogens (primary N) is 1. The van der Waals surface area contributed by atoms with Crippen LogP contribution in [0, 0.1) is 5.92 Å². The highest BCUT2D eigenvalue weighted by Crippen LogP contribution is 2.27. The van der Waals surface area contributed by atoms with Crippen molar-refractivity contribution in [2.75, 3.05) is 6.54 Å². The standard InChI is InChI=1S/C15H30N2O/c1-4-12(3)17(5-2)15(18)11-8-13-6-9-14(16)10-7-13/h12-14H,4-11,16H2,1-3H3. The highest BCUT2D eigenvalue weighted by Gasteiger charge is 2.21. The number of hydrogen-bond donors (Lipinski definition) is 1. The van der Waals surface area contributed by atoms with Crippen LogP contribution in [0.2, 0.25) is 0 Å². The third kappa shape index (κ3) is 4.60. The molecule has 0 heterocycles. The molecule has 0 aromatic heterocycles. The first-order valence-electron chi connectivity index (χ1n) is 7.63. The summed E-state index contributed by atoms with van der Waals surface area (Å²) in [6, 6.07) is 0.784. The van der Waals surface area contributed by atoms with Crippen molar-refractivity contribution in [2.45, 2.75) is 77.8 Å². The molecule has 0 spiro atoms. The Bertz CT molecular complexity index is 247. The van der Waals surface area contributed by atoms with E-state index in [1.807, 2.05) is 4.90 Å². The molecule has 0 bridgehead atoms. The number of amides is 1. The Morgan fingerprint density at radius 2 is 1.89 bits per heavy atom. The second-order valence-corrected chi connectivity index (χ2v) is 5.76. The zero-order valence-corrected chi connectivity index (χ0v) is 12.3. The van der Waals surface area contributed by atoms with Crippen molar-refractivity contribution in [3.63, 3.8) is 0 Å². The molecule has 0 aromatic carbocycles. The van der Waals surface area contributed by atoms with E-state index in [4.69, 9.17) is 5.73 Å². The van der Waals surface area contributed by atoms with Gasteiger partial charge in [-0.1, -0.05) is 6.92 Å². The van der Waals surface area contributed by atoms with Gasteiger partial charge < -0.3 is 10.6 Å². The van der Waals surface area contributed by atoms with Crippen LogP contribution in [-0.2, 0) is 4.79 Å². The maximum Gasteiger partial charge on any atom is 0.222 e. The smallest absolute Gasteiger partial charge is 0.222 e. The summed E-state index contributed by atoms with van der Waals surface area (Å²) in [7, 11) is 0. The molecule has 1 amide bonds. The van der Waals surface area contributed by atoms with Crippen LogP contribution in [0.5, 0.6) is 0 Å². The molecule has 0 radical (unpaired) electrons. The normalized spacial score (nSPS) is 25.8. The van der Waals surface area contributed by atoms with Crippen LogP contribution in [0.25, 0.3) is 0 Å². The number of nitrogens with zero attached hydrogens (tertiary/aromatic N) is 1. The van der Waals surface area contributed by atoms with Gasteiger partial charge in [-0.3, -0.25) is 4.79 Å². The molecule has 1 aliphatic carbocycles. The zero-order valence-electron chi connectivity index (χ0n) is 12.3. The first-order valence-corrected chi connectivity index (χ1v) is 7.63. The second-order valence-electron chi connectivity index (χ2n) is 5.76. The molecule has 1 aliphatic rings. The summed E-state index contributed by atoms with van der Waals surface area (Å²) in [4.78, 5) is 14.2. The van der Waals surface area contributed by atoms with Gasteiger partial charge in [0.2, 0.25) is 5.91 Å². The zero-order chi connectivity index (χ0) is 13.5. The van der Waals surface area contributed by atoms with Gasteiger partial charge in [0.05, 0.1) is 0 Å². The van der Waals surface area contributed by atoms with Gasteiger partial charge in [0.25, 0.3) is 0 Å². The Morgan fingerprint density at radius 3 is 2.39 bits per heavy atom. The maximum absolute atomic E-state index is 12.2. The molecule has 106 valence electrons. The van der Waals surface area contributed by atoms with Gasteiger partial charge in [-0.15, -0.1) is 0 Å². The van der Waals surface area contributed by atoms with Crippen LogP contribution >= 0.6 is 0 Å². The minimum atomic E-state index is 0.335. The van der Waals surface area contributed by atoms with Gasteiger partial charge in [-0.2, -0.15) is 0 Å². The van der Waals surface area contributed by atoms with Crippen molar-refractivity contribution in [1.82, 2.24) is 4.90 Å². The molecule has 2 N–H and O–H groups in total. The minimum absolute atomic E-state index is 0.335. The predicted octanol–water partition coefficient (Wildman–Crippen LogP) is 2.93. The van der Waals surface area contributed by atoms with E-state index in [-0.39, 0.29) is 0 Å². The van der Waals surface area contributed by atoms with E-state index >= 15 is 0 Å². The lowest BCUT2D eigenvalue weighted by Crippen LogP contribution is -2.38. The van der Waals surface area contributed by atoms with Crippen LogP contribution < -0.4 is 5.73 Å². The van der Waals surface area contributed by atoms with E-state index in [0.717, 1.165) is 44.6 Å². The van der Waals surface area contributed by atoms with Crippen molar-refractivity contribution in [2.24, 2.45) is 11.7 Å². The van der Waals surface area contributed by atoms with E-state index in [0.29, 0.717) is 18.0 Å². The highest BCUT2D eigenvalue weighted by molar-refractivity contribution is 5.76. The van der Waals surface area contributed by atoms with Crippen LogP contribution in [0.4, 0.5) is 0 Å². The summed E-state index contributed by atoms with van der Waals surface area (Å²) in [5, 5.41) is 0. The number of hydrogen-bond acceptors (Lipinski definition) is 2. The summed E-state index contributed by atoms with van der Waals surface area (Å²) < 4.78 is 0. The summed E-state index contributed by atoms with van der Waals surface area (Å²) in [6.07, 6.45) is 7.52.